The molecule has 0 fully saturated rings. The maximum absolute atomic E-state index is 12.6. The van der Waals surface area contributed by atoms with Crippen LogP contribution in [0.1, 0.15) is 36.7 Å². The van der Waals surface area contributed by atoms with E-state index in [1.807, 2.05) is 30.3 Å². The fourth-order valence-corrected chi connectivity index (χ4v) is 2.60. The molecule has 9 heteroatoms. The lowest BCUT2D eigenvalue weighted by Crippen LogP contribution is -2.54. The van der Waals surface area contributed by atoms with E-state index in [2.05, 4.69) is 16.2 Å². The molecule has 166 valence electrons. The molecule has 8 nitrogen and oxygen atoms in total. The predicted molar refractivity (Wildman–Crippen MR) is 116 cm³/mol. The summed E-state index contributed by atoms with van der Waals surface area (Å²) in [5.41, 5.74) is 5.02. The Bertz CT molecular complexity index is 900. The minimum Gasteiger partial charge on any atom is -0.444 e. The Morgan fingerprint density at radius 1 is 1.00 bits per heavy atom. The Hall–Kier alpha value is -3.10. The van der Waals surface area contributed by atoms with Crippen LogP contribution in [0.2, 0.25) is 5.02 Å². The van der Waals surface area contributed by atoms with Crippen molar-refractivity contribution >= 4 is 29.5 Å². The van der Waals surface area contributed by atoms with Gasteiger partial charge in [-0.05, 0) is 44.5 Å². The molecule has 3 N–H and O–H groups in total. The highest BCUT2D eigenvalue weighted by Gasteiger charge is 2.25. The molecule has 0 aliphatic heterocycles. The van der Waals surface area contributed by atoms with Crippen molar-refractivity contribution in [3.63, 3.8) is 0 Å². The first-order valence-electron chi connectivity index (χ1n) is 9.61. The van der Waals surface area contributed by atoms with Gasteiger partial charge < -0.3 is 14.8 Å². The number of hydrogen-bond donors (Lipinski definition) is 3. The highest BCUT2D eigenvalue weighted by Crippen LogP contribution is 2.10. The molecule has 31 heavy (non-hydrogen) atoms. The minimum atomic E-state index is -1.10. The zero-order chi connectivity index (χ0) is 22.9. The number of amides is 3. The monoisotopic (exact) mass is 447 g/mol. The van der Waals surface area contributed by atoms with Crippen molar-refractivity contribution in [3.8, 4) is 0 Å². The van der Waals surface area contributed by atoms with Gasteiger partial charge in [-0.25, -0.2) is 4.79 Å². The van der Waals surface area contributed by atoms with Crippen LogP contribution in [-0.4, -0.2) is 36.2 Å². The van der Waals surface area contributed by atoms with Crippen LogP contribution in [-0.2, 0) is 20.9 Å². The van der Waals surface area contributed by atoms with Crippen LogP contribution in [0.4, 0.5) is 4.79 Å². The smallest absolute Gasteiger partial charge is 0.408 e. The lowest BCUT2D eigenvalue weighted by molar-refractivity contribution is -0.125. The topological polar surface area (TPSA) is 106 Å². The lowest BCUT2D eigenvalue weighted by atomic mass is 10.2. The van der Waals surface area contributed by atoms with Gasteiger partial charge >= 0.3 is 6.09 Å². The van der Waals surface area contributed by atoms with E-state index in [-0.39, 0.29) is 18.8 Å². The first-order chi connectivity index (χ1) is 14.6. The molecule has 3 amide bonds. The molecule has 1 atom stereocenters. The lowest BCUT2D eigenvalue weighted by Gasteiger charge is -2.23. The Labute approximate surface area is 186 Å². The second-order valence-electron chi connectivity index (χ2n) is 7.65. The average Bonchev–Trinajstić information content (AvgIpc) is 2.70. The molecule has 0 spiro atoms. The van der Waals surface area contributed by atoms with Gasteiger partial charge in [0.2, 0.25) is 0 Å². The number of rotatable bonds is 7. The van der Waals surface area contributed by atoms with Gasteiger partial charge in [-0.3, -0.25) is 20.4 Å². The summed E-state index contributed by atoms with van der Waals surface area (Å²) < 4.78 is 10.8. The van der Waals surface area contributed by atoms with E-state index >= 15 is 0 Å². The average molecular weight is 448 g/mol. The van der Waals surface area contributed by atoms with E-state index in [0.717, 1.165) is 5.56 Å². The Morgan fingerprint density at radius 2 is 1.71 bits per heavy atom. The number of hydrogen-bond acceptors (Lipinski definition) is 5. The molecular weight excluding hydrogens is 422 g/mol. The molecule has 0 radical (unpaired) electrons. The van der Waals surface area contributed by atoms with Gasteiger partial charge in [0.1, 0.15) is 11.6 Å². The van der Waals surface area contributed by atoms with Gasteiger partial charge in [-0.1, -0.05) is 48.0 Å². The molecule has 0 saturated heterocycles. The van der Waals surface area contributed by atoms with Crippen molar-refractivity contribution in [1.82, 2.24) is 16.2 Å². The summed E-state index contributed by atoms with van der Waals surface area (Å²) in [7, 11) is 0. The van der Waals surface area contributed by atoms with Crippen LogP contribution in [0.15, 0.2) is 54.6 Å². The van der Waals surface area contributed by atoms with E-state index in [9.17, 15) is 14.4 Å². The summed E-state index contributed by atoms with van der Waals surface area (Å²) in [6.45, 7) is 5.23. The highest BCUT2D eigenvalue weighted by atomic mass is 35.5. The molecule has 2 aromatic rings. The normalized spacial score (nSPS) is 11.9. The highest BCUT2D eigenvalue weighted by molar-refractivity contribution is 6.30. The largest absolute Gasteiger partial charge is 0.444 e. The molecule has 0 unspecified atom stereocenters. The first-order valence-corrected chi connectivity index (χ1v) is 9.99. The van der Waals surface area contributed by atoms with Crippen LogP contribution in [0.25, 0.3) is 0 Å². The molecule has 0 aromatic heterocycles. The van der Waals surface area contributed by atoms with Crippen molar-refractivity contribution in [2.45, 2.75) is 39.0 Å². The van der Waals surface area contributed by atoms with Crippen LogP contribution >= 0.6 is 11.6 Å². The Balaban J connectivity index is 1.96. The molecule has 2 aromatic carbocycles. The molecule has 0 aliphatic carbocycles. The maximum Gasteiger partial charge on any atom is 0.408 e. The maximum atomic E-state index is 12.6. The summed E-state index contributed by atoms with van der Waals surface area (Å²) in [5, 5.41) is 2.85. The van der Waals surface area contributed by atoms with Crippen molar-refractivity contribution in [1.29, 1.82) is 0 Å². The molecule has 2 rings (SSSR count). The predicted octanol–water partition coefficient (Wildman–Crippen LogP) is 3.21. The second-order valence-corrected chi connectivity index (χ2v) is 8.09. The fraction of sp³-hybridized carbons (Fsp3) is 0.318. The summed E-state index contributed by atoms with van der Waals surface area (Å²) in [6, 6.07) is 14.5. The van der Waals surface area contributed by atoms with E-state index in [4.69, 9.17) is 21.1 Å². The zero-order valence-electron chi connectivity index (χ0n) is 17.6. The molecule has 0 heterocycles. The number of benzene rings is 2. The van der Waals surface area contributed by atoms with Gasteiger partial charge in [0.05, 0.1) is 13.2 Å². The third-order valence-corrected chi connectivity index (χ3v) is 4.02. The fourth-order valence-electron chi connectivity index (χ4n) is 2.41. The standard InChI is InChI=1S/C22H26ClN3O5/c1-22(2,3)31-21(29)24-18(14-30-13-15-8-5-4-6-9-15)20(28)26-25-19(27)16-10-7-11-17(23)12-16/h4-12,18H,13-14H2,1-3H3,(H,24,29)(H,25,27)(H,26,28)/t18-/m1/s1. The molecular formula is C22H26ClN3O5. The van der Waals surface area contributed by atoms with Crippen molar-refractivity contribution < 1.29 is 23.9 Å². The second kappa shape index (κ2) is 11.3. The van der Waals surface area contributed by atoms with Crippen molar-refractivity contribution in [2.24, 2.45) is 0 Å². The van der Waals surface area contributed by atoms with Crippen LogP contribution in [0.5, 0.6) is 0 Å². The van der Waals surface area contributed by atoms with Crippen molar-refractivity contribution in [2.75, 3.05) is 6.61 Å². The third kappa shape index (κ3) is 9.06. The zero-order valence-corrected chi connectivity index (χ0v) is 18.4. The number of carbonyl (C=O) groups is 3. The van der Waals surface area contributed by atoms with Gasteiger partial charge in [-0.15, -0.1) is 0 Å². The van der Waals surface area contributed by atoms with Gasteiger partial charge in [0, 0.05) is 10.6 Å². The third-order valence-electron chi connectivity index (χ3n) is 3.79. The summed E-state index contributed by atoms with van der Waals surface area (Å²) in [6.07, 6.45) is -0.780. The first kappa shape index (κ1) is 24.2. The van der Waals surface area contributed by atoms with E-state index < -0.39 is 29.6 Å². The van der Waals surface area contributed by atoms with Crippen molar-refractivity contribution in [3.05, 3.63) is 70.7 Å². The van der Waals surface area contributed by atoms with Gasteiger partial charge in [-0.2, -0.15) is 0 Å². The molecule has 0 aliphatic rings. The molecule has 0 saturated carbocycles. The van der Waals surface area contributed by atoms with Crippen LogP contribution < -0.4 is 16.2 Å². The quantitative estimate of drug-likeness (QED) is 0.565. The number of carbonyl (C=O) groups excluding carboxylic acids is 3. The van der Waals surface area contributed by atoms with Gasteiger partial charge in [0.25, 0.3) is 11.8 Å². The summed E-state index contributed by atoms with van der Waals surface area (Å²) in [5.74, 6) is -1.23. The van der Waals surface area contributed by atoms with Crippen LogP contribution in [0, 0.1) is 0 Å². The van der Waals surface area contributed by atoms with Crippen LogP contribution in [0.3, 0.4) is 0 Å². The number of ether oxygens (including phenoxy) is 2. The number of nitrogens with one attached hydrogen (secondary N) is 3. The van der Waals surface area contributed by atoms with E-state index in [0.29, 0.717) is 5.02 Å². The van der Waals surface area contributed by atoms with Gasteiger partial charge in [0.15, 0.2) is 0 Å². The Morgan fingerprint density at radius 3 is 2.35 bits per heavy atom. The number of hydrazine groups is 1. The SMILES string of the molecule is CC(C)(C)OC(=O)N[C@H](COCc1ccccc1)C(=O)NNC(=O)c1cccc(Cl)c1. The Kier molecular flexibility index (Phi) is 8.84. The minimum absolute atomic E-state index is 0.132. The number of halogens is 1. The van der Waals surface area contributed by atoms with E-state index in [1.165, 1.54) is 6.07 Å². The van der Waals surface area contributed by atoms with E-state index in [1.54, 1.807) is 39.0 Å². The summed E-state index contributed by atoms with van der Waals surface area (Å²) >= 11 is 5.87. The summed E-state index contributed by atoms with van der Waals surface area (Å²) in [4.78, 5) is 36.9. The number of alkyl carbamates (subject to hydrolysis) is 1. The molecule has 0 bridgehead atoms.